The van der Waals surface area contributed by atoms with Gasteiger partial charge in [0.2, 0.25) is 11.8 Å². The molecule has 1 aliphatic rings. The molecule has 2 aromatic rings. The van der Waals surface area contributed by atoms with E-state index in [2.05, 4.69) is 11.4 Å². The lowest BCUT2D eigenvalue weighted by Crippen LogP contribution is -2.30. The van der Waals surface area contributed by atoms with Crippen molar-refractivity contribution in [1.82, 2.24) is 5.32 Å². The molecule has 144 valence electrons. The van der Waals surface area contributed by atoms with Crippen LogP contribution in [0, 0.1) is 0 Å². The molecule has 0 saturated carbocycles. The van der Waals surface area contributed by atoms with Crippen LogP contribution in [0.25, 0.3) is 0 Å². The number of nitrogens with two attached hydrogens (primary N) is 1. The minimum absolute atomic E-state index is 0. The zero-order valence-electron chi connectivity index (χ0n) is 15.3. The van der Waals surface area contributed by atoms with Gasteiger partial charge in [-0.15, -0.1) is 12.4 Å². The Balaban J connectivity index is 0.00000261. The number of nitrogens with zero attached hydrogens (tertiary/aromatic N) is 1. The summed E-state index contributed by atoms with van der Waals surface area (Å²) >= 11 is 0. The Bertz CT molecular complexity index is 795. The lowest BCUT2D eigenvalue weighted by Gasteiger charge is -2.17. The Morgan fingerprint density at radius 1 is 1.04 bits per heavy atom. The number of hydrogen-bond donors (Lipinski definition) is 2. The molecule has 0 radical (unpaired) electrons. The molecule has 0 spiro atoms. The summed E-state index contributed by atoms with van der Waals surface area (Å²) < 4.78 is 0. The summed E-state index contributed by atoms with van der Waals surface area (Å²) in [5.41, 5.74) is 9.85. The highest BCUT2D eigenvalue weighted by atomic mass is 35.5. The molecule has 0 unspecified atom stereocenters. The minimum atomic E-state index is -0.00720. The van der Waals surface area contributed by atoms with Crippen LogP contribution in [0.15, 0.2) is 48.5 Å². The number of carbonyl (C=O) groups excluding carboxylic acids is 2. The van der Waals surface area contributed by atoms with Crippen molar-refractivity contribution in [2.24, 2.45) is 0 Å². The van der Waals surface area contributed by atoms with Crippen molar-refractivity contribution < 1.29 is 9.59 Å². The molecular formula is C21H26ClN3O2. The van der Waals surface area contributed by atoms with Gasteiger partial charge in [-0.1, -0.05) is 36.4 Å². The van der Waals surface area contributed by atoms with Gasteiger partial charge in [-0.05, 0) is 42.5 Å². The van der Waals surface area contributed by atoms with Crippen LogP contribution in [-0.4, -0.2) is 24.9 Å². The number of hydrogen-bond acceptors (Lipinski definition) is 3. The van der Waals surface area contributed by atoms with Gasteiger partial charge in [0.1, 0.15) is 0 Å². The molecule has 1 heterocycles. The Morgan fingerprint density at radius 3 is 2.59 bits per heavy atom. The van der Waals surface area contributed by atoms with E-state index in [0.29, 0.717) is 32.2 Å². The first-order valence-electron chi connectivity index (χ1n) is 9.13. The molecule has 0 atom stereocenters. The number of para-hydroxylation sites is 2. The number of rotatable bonds is 7. The van der Waals surface area contributed by atoms with Gasteiger partial charge in [0, 0.05) is 37.3 Å². The first-order valence-corrected chi connectivity index (χ1v) is 9.13. The van der Waals surface area contributed by atoms with Crippen molar-refractivity contribution in [2.45, 2.75) is 32.1 Å². The van der Waals surface area contributed by atoms with Crippen molar-refractivity contribution in [3.8, 4) is 0 Å². The van der Waals surface area contributed by atoms with Crippen LogP contribution in [0.2, 0.25) is 0 Å². The second kappa shape index (κ2) is 9.97. The quantitative estimate of drug-likeness (QED) is 0.566. The molecule has 0 aliphatic carbocycles. The number of anilines is 2. The standard InChI is InChI=1S/C21H25N3O2.ClH/c22-18-8-3-1-6-16(18)11-12-20(25)23-14-5-10-21(26)24-15-13-17-7-2-4-9-19(17)24;/h1-4,6-9H,5,10-15,22H2,(H,23,25);1H. The van der Waals surface area contributed by atoms with Gasteiger partial charge >= 0.3 is 0 Å². The number of nitrogens with one attached hydrogen (secondary N) is 1. The summed E-state index contributed by atoms with van der Waals surface area (Å²) in [6, 6.07) is 15.6. The number of carbonyl (C=O) groups is 2. The molecule has 0 aromatic heterocycles. The molecule has 0 bridgehead atoms. The maximum atomic E-state index is 12.4. The molecule has 6 heteroatoms. The van der Waals surface area contributed by atoms with E-state index in [-0.39, 0.29) is 24.2 Å². The van der Waals surface area contributed by atoms with E-state index in [1.165, 1.54) is 5.56 Å². The fourth-order valence-electron chi connectivity index (χ4n) is 3.30. The summed E-state index contributed by atoms with van der Waals surface area (Å²) in [7, 11) is 0. The van der Waals surface area contributed by atoms with Crippen LogP contribution in [-0.2, 0) is 22.4 Å². The van der Waals surface area contributed by atoms with Crippen LogP contribution in [0.5, 0.6) is 0 Å². The van der Waals surface area contributed by atoms with E-state index in [9.17, 15) is 9.59 Å². The summed E-state index contributed by atoms with van der Waals surface area (Å²) in [5.74, 6) is 0.119. The molecule has 2 aromatic carbocycles. The topological polar surface area (TPSA) is 75.4 Å². The molecule has 27 heavy (non-hydrogen) atoms. The monoisotopic (exact) mass is 387 g/mol. The Kier molecular flexibility index (Phi) is 7.67. The molecule has 0 fully saturated rings. The van der Waals surface area contributed by atoms with Gasteiger partial charge in [0.25, 0.3) is 0 Å². The molecule has 1 aliphatic heterocycles. The van der Waals surface area contributed by atoms with Crippen LogP contribution in [0.1, 0.15) is 30.4 Å². The van der Waals surface area contributed by atoms with E-state index in [1.807, 2.05) is 47.4 Å². The number of amides is 2. The Labute approximate surface area is 166 Å². The molecule has 3 N–H and O–H groups in total. The Morgan fingerprint density at radius 2 is 1.78 bits per heavy atom. The van der Waals surface area contributed by atoms with Crippen molar-refractivity contribution >= 4 is 35.6 Å². The third-order valence-electron chi connectivity index (χ3n) is 4.75. The lowest BCUT2D eigenvalue weighted by atomic mass is 10.1. The highest BCUT2D eigenvalue weighted by Crippen LogP contribution is 2.27. The largest absolute Gasteiger partial charge is 0.399 e. The van der Waals surface area contributed by atoms with Crippen molar-refractivity contribution in [3.05, 3.63) is 59.7 Å². The maximum absolute atomic E-state index is 12.4. The number of fused-ring (bicyclic) bond motifs is 1. The first kappa shape index (κ1) is 20.8. The predicted octanol–water partition coefficient (Wildman–Crippen LogP) is 3.11. The lowest BCUT2D eigenvalue weighted by molar-refractivity contribution is -0.122. The van der Waals surface area contributed by atoms with Crippen LogP contribution in [0.4, 0.5) is 11.4 Å². The van der Waals surface area contributed by atoms with Crippen LogP contribution >= 0.6 is 12.4 Å². The van der Waals surface area contributed by atoms with E-state index in [1.54, 1.807) is 0 Å². The minimum Gasteiger partial charge on any atom is -0.399 e. The van der Waals surface area contributed by atoms with E-state index >= 15 is 0 Å². The number of halogens is 1. The van der Waals surface area contributed by atoms with E-state index in [4.69, 9.17) is 5.73 Å². The second-order valence-corrected chi connectivity index (χ2v) is 6.58. The van der Waals surface area contributed by atoms with Crippen LogP contribution in [0.3, 0.4) is 0 Å². The van der Waals surface area contributed by atoms with Gasteiger partial charge in [0.05, 0.1) is 0 Å². The van der Waals surface area contributed by atoms with Crippen LogP contribution < -0.4 is 16.0 Å². The predicted molar refractivity (Wildman–Crippen MR) is 111 cm³/mol. The van der Waals surface area contributed by atoms with Gasteiger partial charge < -0.3 is 16.0 Å². The zero-order valence-corrected chi connectivity index (χ0v) is 16.1. The van der Waals surface area contributed by atoms with Gasteiger partial charge in [-0.25, -0.2) is 0 Å². The molecule has 2 amide bonds. The number of nitrogen functional groups attached to an aromatic ring is 1. The SMILES string of the molecule is Cl.Nc1ccccc1CCC(=O)NCCCC(=O)N1CCc2ccccc21. The highest BCUT2D eigenvalue weighted by Gasteiger charge is 2.23. The van der Waals surface area contributed by atoms with E-state index in [0.717, 1.165) is 29.9 Å². The third kappa shape index (κ3) is 5.47. The fourth-order valence-corrected chi connectivity index (χ4v) is 3.30. The summed E-state index contributed by atoms with van der Waals surface area (Å²) in [4.78, 5) is 26.2. The molecule has 0 saturated heterocycles. The average molecular weight is 388 g/mol. The molecular weight excluding hydrogens is 362 g/mol. The zero-order chi connectivity index (χ0) is 18.4. The fraction of sp³-hybridized carbons (Fsp3) is 0.333. The Hall–Kier alpha value is -2.53. The van der Waals surface area contributed by atoms with Crippen molar-refractivity contribution in [3.63, 3.8) is 0 Å². The van der Waals surface area contributed by atoms with E-state index < -0.39 is 0 Å². The number of aryl methyl sites for hydroxylation is 1. The van der Waals surface area contributed by atoms with Crippen molar-refractivity contribution in [1.29, 1.82) is 0 Å². The van der Waals surface area contributed by atoms with Gasteiger partial charge in [0.15, 0.2) is 0 Å². The average Bonchev–Trinajstić information content (AvgIpc) is 3.08. The second-order valence-electron chi connectivity index (χ2n) is 6.58. The summed E-state index contributed by atoms with van der Waals surface area (Å²) in [6.45, 7) is 1.27. The van der Waals surface area contributed by atoms with Gasteiger partial charge in [-0.2, -0.15) is 0 Å². The van der Waals surface area contributed by atoms with Crippen molar-refractivity contribution in [2.75, 3.05) is 23.7 Å². The third-order valence-corrected chi connectivity index (χ3v) is 4.75. The molecule has 5 nitrogen and oxygen atoms in total. The first-order chi connectivity index (χ1) is 12.6. The number of benzene rings is 2. The normalized spacial score (nSPS) is 12.2. The summed E-state index contributed by atoms with van der Waals surface area (Å²) in [5, 5.41) is 2.89. The highest BCUT2D eigenvalue weighted by molar-refractivity contribution is 5.95. The molecule has 3 rings (SSSR count). The summed E-state index contributed by atoms with van der Waals surface area (Å²) in [6.07, 6.45) is 3.04. The maximum Gasteiger partial charge on any atom is 0.227 e. The van der Waals surface area contributed by atoms with Gasteiger partial charge in [-0.3, -0.25) is 9.59 Å². The smallest absolute Gasteiger partial charge is 0.227 e.